The largest absolute Gasteiger partial charge is 0.379 e. The summed E-state index contributed by atoms with van der Waals surface area (Å²) in [6, 6.07) is 0.324. The number of ether oxygens (including phenoxy) is 5. The van der Waals surface area contributed by atoms with Crippen molar-refractivity contribution in [3.05, 3.63) is 0 Å². The molecule has 3 rings (SSSR count). The quantitative estimate of drug-likeness (QED) is 0.0480. The molecular formula is C30H49N5O12S. The minimum atomic E-state index is -0.712. The fourth-order valence-corrected chi connectivity index (χ4v) is 6.51. The summed E-state index contributed by atoms with van der Waals surface area (Å²) in [7, 11) is 0. The van der Waals surface area contributed by atoms with E-state index in [0.29, 0.717) is 76.1 Å². The van der Waals surface area contributed by atoms with E-state index in [9.17, 15) is 28.8 Å². The molecule has 0 aromatic rings. The zero-order valence-electron chi connectivity index (χ0n) is 27.3. The molecule has 272 valence electrons. The van der Waals surface area contributed by atoms with Gasteiger partial charge in [0, 0.05) is 49.8 Å². The molecule has 0 aromatic heterocycles. The number of amides is 6. The van der Waals surface area contributed by atoms with Gasteiger partial charge in [-0.15, -0.1) is 5.06 Å². The van der Waals surface area contributed by atoms with Crippen LogP contribution in [0.4, 0.5) is 4.79 Å². The Kier molecular flexibility index (Phi) is 19.2. The van der Waals surface area contributed by atoms with Crippen molar-refractivity contribution in [2.45, 2.75) is 68.7 Å². The van der Waals surface area contributed by atoms with E-state index in [-0.39, 0.29) is 75.4 Å². The number of carbonyl (C=O) groups excluding carboxylic acids is 6. The monoisotopic (exact) mass is 703 g/mol. The predicted molar refractivity (Wildman–Crippen MR) is 170 cm³/mol. The van der Waals surface area contributed by atoms with Crippen molar-refractivity contribution in [3.8, 4) is 0 Å². The molecule has 3 aliphatic heterocycles. The lowest BCUT2D eigenvalue weighted by Crippen LogP contribution is -2.36. The lowest BCUT2D eigenvalue weighted by atomic mass is 10.0. The molecule has 17 nitrogen and oxygen atoms in total. The molecule has 3 saturated heterocycles. The van der Waals surface area contributed by atoms with Crippen molar-refractivity contribution in [1.29, 1.82) is 0 Å². The van der Waals surface area contributed by atoms with Crippen LogP contribution in [0.3, 0.4) is 0 Å². The van der Waals surface area contributed by atoms with Gasteiger partial charge in [-0.2, -0.15) is 11.8 Å². The average molecular weight is 704 g/mol. The average Bonchev–Trinajstić information content (AvgIpc) is 3.72. The second-order valence-electron chi connectivity index (χ2n) is 11.2. The number of thioether (sulfide) groups is 1. The number of nitrogens with one attached hydrogen (secondary N) is 4. The van der Waals surface area contributed by atoms with Crippen LogP contribution in [-0.2, 0) is 52.5 Å². The van der Waals surface area contributed by atoms with Gasteiger partial charge in [-0.05, 0) is 12.8 Å². The number of imide groups is 1. The van der Waals surface area contributed by atoms with E-state index in [2.05, 4.69) is 21.3 Å². The maximum Gasteiger partial charge on any atom is 0.335 e. The molecule has 3 aliphatic rings. The van der Waals surface area contributed by atoms with E-state index in [1.54, 1.807) is 0 Å². The van der Waals surface area contributed by atoms with E-state index < -0.39 is 17.8 Å². The number of hydrogen-bond donors (Lipinski definition) is 4. The molecule has 18 heteroatoms. The van der Waals surface area contributed by atoms with E-state index in [0.717, 1.165) is 25.0 Å². The molecule has 6 amide bonds. The highest BCUT2D eigenvalue weighted by molar-refractivity contribution is 8.00. The highest BCUT2D eigenvalue weighted by Crippen LogP contribution is 2.33. The van der Waals surface area contributed by atoms with Crippen molar-refractivity contribution in [2.24, 2.45) is 0 Å². The zero-order valence-corrected chi connectivity index (χ0v) is 28.2. The summed E-state index contributed by atoms with van der Waals surface area (Å²) in [5.74, 6) is -1.00. The number of nitrogens with zero attached hydrogens (tertiary/aromatic N) is 1. The number of unbranched alkanes of at least 4 members (excludes halogenated alkanes) is 1. The maximum absolute atomic E-state index is 12.0. The molecule has 3 fully saturated rings. The van der Waals surface area contributed by atoms with Gasteiger partial charge < -0.3 is 49.8 Å². The Morgan fingerprint density at radius 2 is 1.21 bits per heavy atom. The molecule has 4 N–H and O–H groups in total. The SMILES string of the molecule is O=C(CCCC[C@@H]1SC[C@@H]2NC(=O)N[C@@H]21)NCCNC(=O)CCOCCOCCOCCOCCOCCC(=O)ON1C(=O)CCC1=O. The maximum atomic E-state index is 12.0. The fourth-order valence-electron chi connectivity index (χ4n) is 4.96. The highest BCUT2D eigenvalue weighted by atomic mass is 32.2. The lowest BCUT2D eigenvalue weighted by Gasteiger charge is -2.16. The Labute approximate surface area is 284 Å². The molecule has 3 heterocycles. The van der Waals surface area contributed by atoms with E-state index in [1.165, 1.54) is 0 Å². The lowest BCUT2D eigenvalue weighted by molar-refractivity contribution is -0.198. The molecule has 3 atom stereocenters. The first kappa shape index (κ1) is 39.4. The number of fused-ring (bicyclic) bond motifs is 1. The summed E-state index contributed by atoms with van der Waals surface area (Å²) < 4.78 is 26.9. The van der Waals surface area contributed by atoms with Gasteiger partial charge in [0.1, 0.15) is 0 Å². The molecule has 0 aromatic carbocycles. The van der Waals surface area contributed by atoms with Crippen LogP contribution in [0, 0.1) is 0 Å². The highest BCUT2D eigenvalue weighted by Gasteiger charge is 2.42. The first-order chi connectivity index (χ1) is 23.3. The Hall–Kier alpha value is -3.03. The molecule has 0 saturated carbocycles. The number of hydrogen-bond acceptors (Lipinski definition) is 13. The fraction of sp³-hybridized carbons (Fsp3) is 0.800. The van der Waals surface area contributed by atoms with E-state index in [1.807, 2.05) is 11.8 Å². The summed E-state index contributed by atoms with van der Waals surface area (Å²) in [5, 5.41) is 12.4. The van der Waals surface area contributed by atoms with Crippen LogP contribution >= 0.6 is 11.8 Å². The van der Waals surface area contributed by atoms with Gasteiger partial charge in [-0.25, -0.2) is 9.59 Å². The standard InChI is InChI=1S/C30H49N5O12S/c36-24(4-2-1-3-23-29-22(21-48-23)33-30(41)34-29)31-9-10-32-25(37)7-11-42-13-15-44-17-19-46-20-18-45-16-14-43-12-8-28(40)47-35-26(38)5-6-27(35)39/h22-23,29H,1-21H2,(H,31,36)(H,32,37)(H2,33,34,41)/t22-,23-,29-/m0/s1. The van der Waals surface area contributed by atoms with Gasteiger partial charge in [-0.1, -0.05) is 6.42 Å². The van der Waals surface area contributed by atoms with Crippen LogP contribution in [0.5, 0.6) is 0 Å². The molecule has 0 radical (unpaired) electrons. The van der Waals surface area contributed by atoms with Crippen LogP contribution in [0.15, 0.2) is 0 Å². The third-order valence-electron chi connectivity index (χ3n) is 7.46. The van der Waals surface area contributed by atoms with Crippen molar-refractivity contribution < 1.29 is 57.3 Å². The topological polar surface area (TPSA) is 209 Å². The third kappa shape index (κ3) is 15.9. The third-order valence-corrected chi connectivity index (χ3v) is 8.97. The molecule has 0 bridgehead atoms. The zero-order chi connectivity index (χ0) is 34.4. The van der Waals surface area contributed by atoms with Gasteiger partial charge in [0.15, 0.2) is 0 Å². The number of carbonyl (C=O) groups is 6. The Morgan fingerprint density at radius 1 is 0.688 bits per heavy atom. The number of hydroxylamine groups is 2. The van der Waals surface area contributed by atoms with Crippen molar-refractivity contribution in [2.75, 3.05) is 84.9 Å². The first-order valence-corrected chi connectivity index (χ1v) is 17.6. The summed E-state index contributed by atoms with van der Waals surface area (Å²) in [6.45, 7) is 3.91. The first-order valence-electron chi connectivity index (χ1n) is 16.5. The number of rotatable bonds is 27. The van der Waals surface area contributed by atoms with Crippen molar-refractivity contribution >= 4 is 47.4 Å². The van der Waals surface area contributed by atoms with Crippen LogP contribution < -0.4 is 21.3 Å². The molecular weight excluding hydrogens is 654 g/mol. The summed E-state index contributed by atoms with van der Waals surface area (Å²) >= 11 is 1.87. The Morgan fingerprint density at radius 3 is 1.79 bits per heavy atom. The second kappa shape index (κ2) is 23.3. The molecule has 0 unspecified atom stereocenters. The second-order valence-corrected chi connectivity index (χ2v) is 12.4. The smallest absolute Gasteiger partial charge is 0.335 e. The minimum absolute atomic E-state index is 0.0320. The van der Waals surface area contributed by atoms with Gasteiger partial charge in [0.2, 0.25) is 11.8 Å². The van der Waals surface area contributed by atoms with E-state index in [4.69, 9.17) is 28.5 Å². The molecule has 48 heavy (non-hydrogen) atoms. The Balaban J connectivity index is 0.977. The van der Waals surface area contributed by atoms with Crippen LogP contribution in [0.25, 0.3) is 0 Å². The van der Waals surface area contributed by atoms with Gasteiger partial charge >= 0.3 is 12.0 Å². The van der Waals surface area contributed by atoms with Gasteiger partial charge in [0.25, 0.3) is 11.8 Å². The summed E-state index contributed by atoms with van der Waals surface area (Å²) in [5.41, 5.74) is 0. The predicted octanol–water partition coefficient (Wildman–Crippen LogP) is -0.585. The van der Waals surface area contributed by atoms with Crippen molar-refractivity contribution in [3.63, 3.8) is 0 Å². The summed E-state index contributed by atoms with van der Waals surface area (Å²) in [6.07, 6.45) is 3.36. The van der Waals surface area contributed by atoms with Gasteiger partial charge in [0.05, 0.1) is 84.6 Å². The molecule has 0 aliphatic carbocycles. The Bertz CT molecular complexity index is 1040. The van der Waals surface area contributed by atoms with Crippen molar-refractivity contribution in [1.82, 2.24) is 26.3 Å². The molecule has 0 spiro atoms. The van der Waals surface area contributed by atoms with E-state index >= 15 is 0 Å². The number of urea groups is 1. The van der Waals surface area contributed by atoms with Crippen LogP contribution in [-0.4, -0.2) is 143 Å². The minimum Gasteiger partial charge on any atom is -0.379 e. The van der Waals surface area contributed by atoms with Crippen LogP contribution in [0.1, 0.15) is 51.4 Å². The summed E-state index contributed by atoms with van der Waals surface area (Å²) in [4.78, 5) is 74.6. The van der Waals surface area contributed by atoms with Gasteiger partial charge in [-0.3, -0.25) is 19.2 Å². The van der Waals surface area contributed by atoms with Crippen LogP contribution in [0.2, 0.25) is 0 Å². The normalized spacial score (nSPS) is 20.0.